The minimum absolute atomic E-state index is 0.0381. The fraction of sp³-hybridized carbons (Fsp3) is 0.300. The van der Waals surface area contributed by atoms with Gasteiger partial charge in [0, 0.05) is 16.5 Å². The van der Waals surface area contributed by atoms with Crippen molar-refractivity contribution >= 4 is 35.0 Å². The number of amides is 2. The van der Waals surface area contributed by atoms with Crippen molar-refractivity contribution in [3.05, 3.63) is 63.6 Å². The molecule has 2 unspecified atom stereocenters. The van der Waals surface area contributed by atoms with Crippen LogP contribution in [-0.4, -0.2) is 34.8 Å². The summed E-state index contributed by atoms with van der Waals surface area (Å²) in [5.41, 5.74) is -1.82. The molecule has 1 N–H and O–H groups in total. The van der Waals surface area contributed by atoms with Crippen molar-refractivity contribution in [2.24, 2.45) is 0 Å². The second-order valence-electron chi connectivity index (χ2n) is 7.39. The molecule has 0 bridgehead atoms. The Morgan fingerprint density at radius 1 is 1.06 bits per heavy atom. The van der Waals surface area contributed by atoms with Gasteiger partial charge in [-0.15, -0.1) is 13.2 Å². The molecule has 1 heterocycles. The maximum atomic E-state index is 13.5. The van der Waals surface area contributed by atoms with Crippen LogP contribution in [0.2, 0.25) is 10.0 Å². The number of ether oxygens (including phenoxy) is 1. The zero-order valence-electron chi connectivity index (χ0n) is 16.5. The minimum atomic E-state index is -5.32. The van der Waals surface area contributed by atoms with Gasteiger partial charge in [-0.1, -0.05) is 35.3 Å². The summed E-state index contributed by atoms with van der Waals surface area (Å²) in [6.45, 7) is 1.12. The Hall–Kier alpha value is -2.66. The molecule has 1 aliphatic heterocycles. The molecule has 2 aromatic rings. The van der Waals surface area contributed by atoms with Crippen molar-refractivity contribution < 1.29 is 40.7 Å². The molecule has 1 saturated heterocycles. The highest BCUT2D eigenvalue weighted by atomic mass is 35.5. The predicted molar refractivity (Wildman–Crippen MR) is 105 cm³/mol. The van der Waals surface area contributed by atoms with Crippen LogP contribution in [0.4, 0.5) is 26.3 Å². The van der Waals surface area contributed by atoms with Crippen LogP contribution in [0.5, 0.6) is 5.75 Å². The Kier molecular flexibility index (Phi) is 6.51. The molecule has 178 valence electrons. The number of benzene rings is 2. The van der Waals surface area contributed by atoms with Crippen LogP contribution in [0.15, 0.2) is 42.5 Å². The highest BCUT2D eigenvalue weighted by molar-refractivity contribution is 6.34. The average molecular weight is 515 g/mol. The van der Waals surface area contributed by atoms with Gasteiger partial charge < -0.3 is 10.1 Å². The van der Waals surface area contributed by atoms with E-state index in [0.717, 1.165) is 31.2 Å². The second-order valence-corrected chi connectivity index (χ2v) is 8.27. The Morgan fingerprint density at radius 2 is 1.61 bits per heavy atom. The number of carbonyl (C=O) groups is 2. The zero-order valence-corrected chi connectivity index (χ0v) is 18.0. The van der Waals surface area contributed by atoms with Crippen molar-refractivity contribution in [1.29, 1.82) is 0 Å². The Bertz CT molecular complexity index is 1050. The summed E-state index contributed by atoms with van der Waals surface area (Å²) in [6, 6.07) is 8.03. The van der Waals surface area contributed by atoms with Gasteiger partial charge in [0.15, 0.2) is 0 Å². The molecule has 33 heavy (non-hydrogen) atoms. The molecule has 0 aromatic heterocycles. The fourth-order valence-electron chi connectivity index (χ4n) is 3.55. The molecule has 13 heteroatoms. The molecule has 0 radical (unpaired) electrons. The minimum Gasteiger partial charge on any atom is -0.406 e. The van der Waals surface area contributed by atoms with E-state index in [-0.39, 0.29) is 21.2 Å². The van der Waals surface area contributed by atoms with Gasteiger partial charge in [0.25, 0.3) is 0 Å². The van der Waals surface area contributed by atoms with Crippen LogP contribution in [0, 0.1) is 0 Å². The summed E-state index contributed by atoms with van der Waals surface area (Å²) in [4.78, 5) is 25.6. The SMILES string of the molecule is CC1(Cc2ccc(OC(F)(F)F)cc2)C(=O)NC(c2cc(Cl)cc(Cl)c2)N1C(=O)C(F)(F)F. The van der Waals surface area contributed by atoms with Crippen molar-refractivity contribution in [2.45, 2.75) is 37.6 Å². The summed E-state index contributed by atoms with van der Waals surface area (Å²) in [6.07, 6.45) is -12.2. The van der Waals surface area contributed by atoms with E-state index in [4.69, 9.17) is 23.2 Å². The lowest BCUT2D eigenvalue weighted by Crippen LogP contribution is -2.55. The van der Waals surface area contributed by atoms with Crippen LogP contribution in [0.25, 0.3) is 0 Å². The van der Waals surface area contributed by atoms with Crippen LogP contribution in [-0.2, 0) is 16.0 Å². The number of rotatable bonds is 4. The Morgan fingerprint density at radius 3 is 2.09 bits per heavy atom. The predicted octanol–water partition coefficient (Wildman–Crippen LogP) is 5.41. The number of halogens is 8. The third kappa shape index (κ3) is 5.47. The summed E-state index contributed by atoms with van der Waals surface area (Å²) in [7, 11) is 0. The van der Waals surface area contributed by atoms with Crippen molar-refractivity contribution in [3.8, 4) is 5.75 Å². The van der Waals surface area contributed by atoms with Gasteiger partial charge in [-0.3, -0.25) is 14.5 Å². The zero-order chi connectivity index (χ0) is 24.8. The van der Waals surface area contributed by atoms with Crippen molar-refractivity contribution in [3.63, 3.8) is 0 Å². The van der Waals surface area contributed by atoms with E-state index in [1.807, 2.05) is 0 Å². The average Bonchev–Trinajstić information content (AvgIpc) is 2.91. The molecular weight excluding hydrogens is 501 g/mol. The van der Waals surface area contributed by atoms with Gasteiger partial charge in [0.2, 0.25) is 5.91 Å². The van der Waals surface area contributed by atoms with E-state index in [0.29, 0.717) is 4.90 Å². The standard InChI is InChI=1S/C20H14Cl2F6N2O3/c1-18(9-10-2-4-14(5-3-10)33-20(26,27)28)16(31)29-15(30(18)17(32)19(23,24)25)11-6-12(21)8-13(22)7-11/h2-8,15H,9H2,1H3,(H,29,31). The molecule has 0 spiro atoms. The monoisotopic (exact) mass is 514 g/mol. The Labute approximate surface area is 193 Å². The van der Waals surface area contributed by atoms with Gasteiger partial charge in [-0.2, -0.15) is 13.2 Å². The van der Waals surface area contributed by atoms with Crippen LogP contribution < -0.4 is 10.1 Å². The lowest BCUT2D eigenvalue weighted by atomic mass is 9.90. The number of hydrogen-bond donors (Lipinski definition) is 1. The molecule has 5 nitrogen and oxygen atoms in total. The first-order valence-electron chi connectivity index (χ1n) is 9.12. The maximum absolute atomic E-state index is 13.5. The smallest absolute Gasteiger partial charge is 0.406 e. The highest BCUT2D eigenvalue weighted by Crippen LogP contribution is 2.40. The lowest BCUT2D eigenvalue weighted by molar-refractivity contribution is -0.274. The molecule has 1 aliphatic rings. The quantitative estimate of drug-likeness (QED) is 0.555. The highest BCUT2D eigenvalue weighted by Gasteiger charge is 2.58. The normalized spacial score (nSPS) is 21.2. The molecule has 0 aliphatic carbocycles. The maximum Gasteiger partial charge on any atom is 0.573 e. The lowest BCUT2D eigenvalue weighted by Gasteiger charge is -2.36. The molecule has 3 rings (SSSR count). The first-order chi connectivity index (χ1) is 15.1. The van der Waals surface area contributed by atoms with E-state index >= 15 is 0 Å². The number of hydrogen-bond acceptors (Lipinski definition) is 3. The summed E-state index contributed by atoms with van der Waals surface area (Å²) < 4.78 is 81.2. The van der Waals surface area contributed by atoms with Gasteiger partial charge in [0.1, 0.15) is 17.5 Å². The Balaban J connectivity index is 2.00. The molecule has 2 amide bonds. The van der Waals surface area contributed by atoms with Gasteiger partial charge in [-0.05, 0) is 48.4 Å². The third-order valence-electron chi connectivity index (χ3n) is 4.91. The van der Waals surface area contributed by atoms with Gasteiger partial charge in [-0.25, -0.2) is 0 Å². The second kappa shape index (κ2) is 8.60. The van der Waals surface area contributed by atoms with Gasteiger partial charge in [0.05, 0.1) is 0 Å². The molecule has 0 saturated carbocycles. The first kappa shape index (κ1) is 25.0. The van der Waals surface area contributed by atoms with E-state index in [1.165, 1.54) is 18.2 Å². The summed E-state index contributed by atoms with van der Waals surface area (Å²) in [5, 5.41) is 2.50. The molecular formula is C20H14Cl2F6N2O3. The van der Waals surface area contributed by atoms with Gasteiger partial charge >= 0.3 is 18.4 Å². The largest absolute Gasteiger partial charge is 0.573 e. The van der Waals surface area contributed by atoms with E-state index in [9.17, 15) is 35.9 Å². The number of carbonyl (C=O) groups excluding carboxylic acids is 2. The topological polar surface area (TPSA) is 58.6 Å². The summed E-state index contributed by atoms with van der Waals surface area (Å²) in [5.74, 6) is -3.75. The van der Waals surface area contributed by atoms with E-state index in [2.05, 4.69) is 10.1 Å². The van der Waals surface area contributed by atoms with Crippen molar-refractivity contribution in [2.75, 3.05) is 0 Å². The molecule has 2 aromatic carbocycles. The molecule has 2 atom stereocenters. The van der Waals surface area contributed by atoms with Crippen LogP contribution >= 0.6 is 23.2 Å². The number of nitrogens with zero attached hydrogens (tertiary/aromatic N) is 1. The third-order valence-corrected chi connectivity index (χ3v) is 5.35. The number of alkyl halides is 6. The summed E-state index contributed by atoms with van der Waals surface area (Å²) >= 11 is 11.9. The van der Waals surface area contributed by atoms with E-state index in [1.54, 1.807) is 0 Å². The van der Waals surface area contributed by atoms with Crippen LogP contribution in [0.1, 0.15) is 24.2 Å². The first-order valence-corrected chi connectivity index (χ1v) is 9.88. The number of nitrogens with one attached hydrogen (secondary N) is 1. The van der Waals surface area contributed by atoms with Crippen molar-refractivity contribution in [1.82, 2.24) is 10.2 Å². The fourth-order valence-corrected chi connectivity index (χ4v) is 4.10. The molecule has 1 fully saturated rings. The van der Waals surface area contributed by atoms with Crippen LogP contribution in [0.3, 0.4) is 0 Å². The van der Waals surface area contributed by atoms with E-state index < -0.39 is 48.2 Å².